The van der Waals surface area contributed by atoms with E-state index in [1.807, 2.05) is 0 Å². The Morgan fingerprint density at radius 1 is 1.23 bits per heavy atom. The Morgan fingerprint density at radius 2 is 2.09 bits per heavy atom. The number of piperazine rings is 1. The second kappa shape index (κ2) is 5.85. The Balaban J connectivity index is 1.57. The van der Waals surface area contributed by atoms with Gasteiger partial charge in [-0.05, 0) is 32.5 Å². The maximum Gasteiger partial charge on any atom is 0.162 e. The fourth-order valence-electron chi connectivity index (χ4n) is 3.64. The maximum atomic E-state index is 4.43. The highest BCUT2D eigenvalue weighted by molar-refractivity contribution is 5.56. The quantitative estimate of drug-likeness (QED) is 0.907. The highest BCUT2D eigenvalue weighted by Gasteiger charge is 2.23. The molecule has 6 heteroatoms. The highest BCUT2D eigenvalue weighted by Crippen LogP contribution is 2.21. The van der Waals surface area contributed by atoms with Crippen molar-refractivity contribution >= 4 is 11.3 Å². The third kappa shape index (κ3) is 2.57. The summed E-state index contributed by atoms with van der Waals surface area (Å²) in [5.74, 6) is 1.08. The molecule has 2 saturated heterocycles. The first-order chi connectivity index (χ1) is 10.8. The number of likely N-dealkylation sites (N-methyl/N-ethyl adjacent to an activating group) is 1. The van der Waals surface area contributed by atoms with Gasteiger partial charge in [0.25, 0.3) is 0 Å². The molecule has 0 radical (unpaired) electrons. The first kappa shape index (κ1) is 14.0. The minimum absolute atomic E-state index is 0.611. The standard InChI is InChI=1S/C16H24N6/c1-20-7-2-3-13(20)11-15-18-19-16-12-14(4-8-22(15)16)21-9-5-17-6-10-21/h4,8,12-13,17H,2-3,5-7,9-11H2,1H3. The minimum atomic E-state index is 0.611. The van der Waals surface area contributed by atoms with Crippen LogP contribution in [0.1, 0.15) is 18.7 Å². The Kier molecular flexibility index (Phi) is 3.72. The number of anilines is 1. The smallest absolute Gasteiger partial charge is 0.162 e. The van der Waals surface area contributed by atoms with Crippen LogP contribution in [0.2, 0.25) is 0 Å². The van der Waals surface area contributed by atoms with Gasteiger partial charge in [0.15, 0.2) is 5.65 Å². The second-order valence-electron chi connectivity index (χ2n) is 6.45. The number of pyridine rings is 1. The number of hydrogen-bond donors (Lipinski definition) is 1. The minimum Gasteiger partial charge on any atom is -0.369 e. The number of likely N-dealkylation sites (tertiary alicyclic amines) is 1. The molecule has 4 rings (SSSR count). The van der Waals surface area contributed by atoms with Crippen molar-refractivity contribution in [3.63, 3.8) is 0 Å². The number of hydrogen-bond acceptors (Lipinski definition) is 5. The summed E-state index contributed by atoms with van der Waals surface area (Å²) in [4.78, 5) is 4.85. The zero-order valence-electron chi connectivity index (χ0n) is 13.2. The average molecular weight is 300 g/mol. The van der Waals surface area contributed by atoms with Crippen LogP contribution in [0.4, 0.5) is 5.69 Å². The molecule has 1 unspecified atom stereocenters. The molecule has 118 valence electrons. The Bertz CT molecular complexity index is 645. The molecule has 2 aliphatic heterocycles. The van der Waals surface area contributed by atoms with Gasteiger partial charge in [0.2, 0.25) is 0 Å². The van der Waals surface area contributed by atoms with Gasteiger partial charge in [-0.3, -0.25) is 4.40 Å². The molecular weight excluding hydrogens is 276 g/mol. The molecule has 22 heavy (non-hydrogen) atoms. The van der Waals surface area contributed by atoms with Crippen LogP contribution < -0.4 is 10.2 Å². The lowest BCUT2D eigenvalue weighted by Gasteiger charge is -2.29. The summed E-state index contributed by atoms with van der Waals surface area (Å²) < 4.78 is 2.15. The van der Waals surface area contributed by atoms with Crippen molar-refractivity contribution < 1.29 is 0 Å². The molecule has 1 atom stereocenters. The fourth-order valence-corrected chi connectivity index (χ4v) is 3.64. The van der Waals surface area contributed by atoms with Crippen LogP contribution in [0.25, 0.3) is 5.65 Å². The van der Waals surface area contributed by atoms with Gasteiger partial charge in [-0.15, -0.1) is 10.2 Å². The van der Waals surface area contributed by atoms with E-state index in [2.05, 4.69) is 55.1 Å². The lowest BCUT2D eigenvalue weighted by molar-refractivity contribution is 0.305. The van der Waals surface area contributed by atoms with Gasteiger partial charge in [-0.2, -0.15) is 0 Å². The summed E-state index contributed by atoms with van der Waals surface area (Å²) in [7, 11) is 2.21. The Hall–Kier alpha value is -1.66. The van der Waals surface area contributed by atoms with Crippen LogP contribution in [0.3, 0.4) is 0 Å². The summed E-state index contributed by atoms with van der Waals surface area (Å²) in [6.07, 6.45) is 5.69. The zero-order valence-corrected chi connectivity index (χ0v) is 13.2. The van der Waals surface area contributed by atoms with E-state index in [9.17, 15) is 0 Å². The second-order valence-corrected chi connectivity index (χ2v) is 6.45. The Labute approximate surface area is 131 Å². The molecule has 0 amide bonds. The van der Waals surface area contributed by atoms with E-state index in [1.165, 1.54) is 25.1 Å². The maximum absolute atomic E-state index is 4.43. The van der Waals surface area contributed by atoms with E-state index in [1.54, 1.807) is 0 Å². The van der Waals surface area contributed by atoms with E-state index in [-0.39, 0.29) is 0 Å². The molecule has 2 fully saturated rings. The molecule has 0 aliphatic carbocycles. The number of fused-ring (bicyclic) bond motifs is 1. The van der Waals surface area contributed by atoms with Gasteiger partial charge in [0.05, 0.1) is 0 Å². The van der Waals surface area contributed by atoms with Gasteiger partial charge >= 0.3 is 0 Å². The van der Waals surface area contributed by atoms with Gasteiger partial charge in [-0.1, -0.05) is 0 Å². The lowest BCUT2D eigenvalue weighted by Crippen LogP contribution is -2.43. The van der Waals surface area contributed by atoms with E-state index in [4.69, 9.17) is 0 Å². The number of aromatic nitrogens is 3. The van der Waals surface area contributed by atoms with E-state index in [0.717, 1.165) is 44.1 Å². The van der Waals surface area contributed by atoms with Crippen LogP contribution in [-0.2, 0) is 6.42 Å². The largest absolute Gasteiger partial charge is 0.369 e. The lowest BCUT2D eigenvalue weighted by atomic mass is 10.1. The first-order valence-electron chi connectivity index (χ1n) is 8.31. The molecular formula is C16H24N6. The third-order valence-electron chi connectivity index (χ3n) is 5.04. The van der Waals surface area contributed by atoms with Crippen molar-refractivity contribution in [1.82, 2.24) is 24.8 Å². The fraction of sp³-hybridized carbons (Fsp3) is 0.625. The van der Waals surface area contributed by atoms with Crippen molar-refractivity contribution in [2.24, 2.45) is 0 Å². The summed E-state index contributed by atoms with van der Waals surface area (Å²) in [6, 6.07) is 4.98. The first-order valence-corrected chi connectivity index (χ1v) is 8.31. The van der Waals surface area contributed by atoms with Crippen LogP contribution in [-0.4, -0.2) is 65.3 Å². The molecule has 4 heterocycles. The van der Waals surface area contributed by atoms with E-state index in [0.29, 0.717) is 6.04 Å². The Morgan fingerprint density at radius 3 is 2.86 bits per heavy atom. The summed E-state index contributed by atoms with van der Waals surface area (Å²) >= 11 is 0. The molecule has 2 aromatic rings. The topological polar surface area (TPSA) is 48.7 Å². The van der Waals surface area contributed by atoms with E-state index < -0.39 is 0 Å². The molecule has 0 aromatic carbocycles. The molecule has 0 spiro atoms. The van der Waals surface area contributed by atoms with Crippen molar-refractivity contribution in [3.8, 4) is 0 Å². The summed E-state index contributed by atoms with van der Waals surface area (Å²) in [6.45, 7) is 5.43. The zero-order chi connectivity index (χ0) is 14.9. The predicted octanol–water partition coefficient (Wildman–Crippen LogP) is 0.776. The van der Waals surface area contributed by atoms with Gasteiger partial charge in [-0.25, -0.2) is 0 Å². The monoisotopic (exact) mass is 300 g/mol. The molecule has 0 bridgehead atoms. The molecule has 2 aromatic heterocycles. The van der Waals surface area contributed by atoms with Crippen LogP contribution >= 0.6 is 0 Å². The third-order valence-corrected chi connectivity index (χ3v) is 5.04. The number of rotatable bonds is 3. The number of nitrogens with one attached hydrogen (secondary N) is 1. The van der Waals surface area contributed by atoms with Crippen LogP contribution in [0.15, 0.2) is 18.3 Å². The van der Waals surface area contributed by atoms with Crippen molar-refractivity contribution in [2.45, 2.75) is 25.3 Å². The molecule has 2 aliphatic rings. The van der Waals surface area contributed by atoms with Gasteiger partial charge in [0.1, 0.15) is 5.82 Å². The van der Waals surface area contributed by atoms with Crippen molar-refractivity contribution in [3.05, 3.63) is 24.2 Å². The predicted molar refractivity (Wildman–Crippen MR) is 87.4 cm³/mol. The van der Waals surface area contributed by atoms with E-state index >= 15 is 0 Å². The molecule has 0 saturated carbocycles. The SMILES string of the molecule is CN1CCCC1Cc1nnc2cc(N3CCNCC3)ccn12. The van der Waals surface area contributed by atoms with Gasteiger partial charge < -0.3 is 15.1 Å². The average Bonchev–Trinajstić information content (AvgIpc) is 3.15. The van der Waals surface area contributed by atoms with Gasteiger partial charge in [0, 0.05) is 56.6 Å². The highest BCUT2D eigenvalue weighted by atomic mass is 15.3. The number of nitrogens with zero attached hydrogens (tertiary/aromatic N) is 5. The van der Waals surface area contributed by atoms with Crippen molar-refractivity contribution in [2.75, 3.05) is 44.7 Å². The normalized spacial score (nSPS) is 23.5. The molecule has 6 nitrogen and oxygen atoms in total. The summed E-state index contributed by atoms with van der Waals surface area (Å²) in [5.41, 5.74) is 2.22. The van der Waals surface area contributed by atoms with Crippen LogP contribution in [0.5, 0.6) is 0 Å². The summed E-state index contributed by atoms with van der Waals surface area (Å²) in [5, 5.41) is 12.2. The van der Waals surface area contributed by atoms with Crippen LogP contribution in [0, 0.1) is 0 Å². The molecule has 1 N–H and O–H groups in total. The van der Waals surface area contributed by atoms with Crippen molar-refractivity contribution in [1.29, 1.82) is 0 Å².